The molecule has 2 N–H and O–H groups in total. The Labute approximate surface area is 150 Å². The van der Waals surface area contributed by atoms with Gasteiger partial charge < -0.3 is 5.32 Å². The fourth-order valence-electron chi connectivity index (χ4n) is 2.42. The van der Waals surface area contributed by atoms with Gasteiger partial charge in [0.15, 0.2) is 0 Å². The van der Waals surface area contributed by atoms with Crippen LogP contribution in [0.25, 0.3) is 10.2 Å². The number of fused-ring (bicyclic) bond motifs is 1. The maximum absolute atomic E-state index is 12.4. The van der Waals surface area contributed by atoms with Crippen LogP contribution in [0.3, 0.4) is 0 Å². The van der Waals surface area contributed by atoms with E-state index in [1.807, 2.05) is 18.2 Å². The van der Waals surface area contributed by atoms with E-state index in [4.69, 9.17) is 0 Å². The van der Waals surface area contributed by atoms with Crippen molar-refractivity contribution in [2.45, 2.75) is 12.3 Å². The van der Waals surface area contributed by atoms with E-state index in [1.165, 1.54) is 18.4 Å². The molecule has 0 aliphatic carbocycles. The molecule has 1 amide bonds. The average Bonchev–Trinajstić information content (AvgIpc) is 3.08. The molecule has 0 saturated carbocycles. The number of thiazole rings is 1. The number of aromatic nitrogens is 1. The van der Waals surface area contributed by atoms with Crippen LogP contribution in [0.15, 0.2) is 48.0 Å². The average molecular weight is 375 g/mol. The molecule has 0 bridgehead atoms. The number of amides is 1. The second-order valence-corrected chi connectivity index (χ2v) is 8.26. The predicted molar refractivity (Wildman–Crippen MR) is 98.9 cm³/mol. The molecule has 25 heavy (non-hydrogen) atoms. The van der Waals surface area contributed by atoms with Crippen LogP contribution < -0.4 is 10.0 Å². The highest BCUT2D eigenvalue weighted by molar-refractivity contribution is 7.88. The minimum absolute atomic E-state index is 0.123. The second-order valence-electron chi connectivity index (χ2n) is 5.45. The van der Waals surface area contributed by atoms with Crippen LogP contribution >= 0.6 is 11.3 Å². The Hall–Kier alpha value is -2.29. The summed E-state index contributed by atoms with van der Waals surface area (Å²) in [5.41, 5.74) is 4.59. The van der Waals surface area contributed by atoms with Gasteiger partial charge in [0, 0.05) is 12.1 Å². The van der Waals surface area contributed by atoms with Crippen LogP contribution in [0.2, 0.25) is 0 Å². The van der Waals surface area contributed by atoms with Crippen molar-refractivity contribution in [3.8, 4) is 0 Å². The van der Waals surface area contributed by atoms with Crippen molar-refractivity contribution in [1.82, 2.24) is 15.0 Å². The molecule has 130 valence electrons. The Balaban J connectivity index is 1.73. The molecule has 0 atom stereocenters. The molecular formula is C17H17N3O3S2. The maximum Gasteiger partial charge on any atom is 0.251 e. The summed E-state index contributed by atoms with van der Waals surface area (Å²) in [7, 11) is -1.99. The normalized spacial score (nSPS) is 11.6. The first kappa shape index (κ1) is 17.5. The molecule has 3 aromatic rings. The Morgan fingerprint density at radius 3 is 2.68 bits per heavy atom. The van der Waals surface area contributed by atoms with Gasteiger partial charge in [0.1, 0.15) is 0 Å². The molecule has 0 spiro atoms. The van der Waals surface area contributed by atoms with Crippen LogP contribution in [-0.2, 0) is 22.3 Å². The Kier molecular flexibility index (Phi) is 5.12. The molecule has 2 aromatic carbocycles. The summed E-state index contributed by atoms with van der Waals surface area (Å²) in [4.78, 5) is 16.6. The number of hydrogen-bond acceptors (Lipinski definition) is 5. The lowest BCUT2D eigenvalue weighted by atomic mass is 10.1. The van der Waals surface area contributed by atoms with Gasteiger partial charge in [-0.05, 0) is 36.4 Å². The van der Waals surface area contributed by atoms with Crippen LogP contribution in [-0.4, -0.2) is 26.4 Å². The van der Waals surface area contributed by atoms with E-state index in [1.54, 1.807) is 29.8 Å². The number of hydrogen-bond donors (Lipinski definition) is 2. The van der Waals surface area contributed by atoms with Crippen molar-refractivity contribution in [1.29, 1.82) is 0 Å². The van der Waals surface area contributed by atoms with E-state index < -0.39 is 10.0 Å². The highest BCUT2D eigenvalue weighted by atomic mass is 32.2. The van der Waals surface area contributed by atoms with Gasteiger partial charge in [-0.3, -0.25) is 4.79 Å². The number of carbonyl (C=O) groups excluding carboxylic acids is 1. The summed E-state index contributed by atoms with van der Waals surface area (Å²) in [5, 5.41) is 2.85. The van der Waals surface area contributed by atoms with Gasteiger partial charge in [-0.25, -0.2) is 18.1 Å². The minimum atomic E-state index is -3.37. The quantitative estimate of drug-likeness (QED) is 0.692. The lowest BCUT2D eigenvalue weighted by Gasteiger charge is -2.11. The molecule has 1 heterocycles. The predicted octanol–water partition coefficient (Wildman–Crippen LogP) is 2.28. The molecule has 0 radical (unpaired) electrons. The first-order valence-corrected chi connectivity index (χ1v) is 10.1. The van der Waals surface area contributed by atoms with Gasteiger partial charge in [0.2, 0.25) is 10.0 Å². The topological polar surface area (TPSA) is 88.2 Å². The number of nitrogens with zero attached hydrogens (tertiary/aromatic N) is 1. The van der Waals surface area contributed by atoms with E-state index in [-0.39, 0.29) is 18.2 Å². The molecule has 0 saturated heterocycles. The number of sulfonamides is 1. The fraction of sp³-hybridized carbons (Fsp3) is 0.176. The summed E-state index contributed by atoms with van der Waals surface area (Å²) < 4.78 is 26.8. The summed E-state index contributed by atoms with van der Waals surface area (Å²) >= 11 is 1.48. The molecule has 0 unspecified atom stereocenters. The zero-order valence-corrected chi connectivity index (χ0v) is 15.2. The lowest BCUT2D eigenvalue weighted by Crippen LogP contribution is -2.25. The first-order valence-electron chi connectivity index (χ1n) is 7.58. The zero-order chi connectivity index (χ0) is 17.9. The summed E-state index contributed by atoms with van der Waals surface area (Å²) in [6.45, 7) is 0.259. The third-order valence-electron chi connectivity index (χ3n) is 3.81. The Morgan fingerprint density at radius 2 is 1.92 bits per heavy atom. The molecule has 0 fully saturated rings. The van der Waals surface area contributed by atoms with E-state index in [0.717, 1.165) is 15.8 Å². The molecule has 3 rings (SSSR count). The van der Waals surface area contributed by atoms with Crippen LogP contribution in [0.5, 0.6) is 0 Å². The summed E-state index contributed by atoms with van der Waals surface area (Å²) in [5.74, 6) is -0.330. The molecule has 0 aliphatic rings. The monoisotopic (exact) mass is 375 g/mol. The van der Waals surface area contributed by atoms with Gasteiger partial charge in [-0.15, -0.1) is 11.3 Å². The van der Waals surface area contributed by atoms with E-state index in [9.17, 15) is 13.2 Å². The lowest BCUT2D eigenvalue weighted by molar-refractivity contribution is 0.0951. The molecule has 0 aliphatic heterocycles. The van der Waals surface area contributed by atoms with Crippen molar-refractivity contribution in [2.75, 3.05) is 7.05 Å². The van der Waals surface area contributed by atoms with E-state index >= 15 is 0 Å². The van der Waals surface area contributed by atoms with Crippen LogP contribution in [0, 0.1) is 0 Å². The molecule has 1 aromatic heterocycles. The third-order valence-corrected chi connectivity index (χ3v) is 5.91. The Morgan fingerprint density at radius 1 is 1.16 bits per heavy atom. The SMILES string of the molecule is CNS(=O)(=O)Cc1ccccc1CNC(=O)c1ccc2ncsc2c1. The van der Waals surface area contributed by atoms with Crippen LogP contribution in [0.1, 0.15) is 21.5 Å². The fourth-order valence-corrected chi connectivity index (χ4v) is 3.97. The largest absolute Gasteiger partial charge is 0.348 e. The van der Waals surface area contributed by atoms with Crippen molar-refractivity contribution in [2.24, 2.45) is 0 Å². The maximum atomic E-state index is 12.4. The third kappa shape index (κ3) is 4.22. The highest BCUT2D eigenvalue weighted by Gasteiger charge is 2.13. The van der Waals surface area contributed by atoms with Gasteiger partial charge in [0.05, 0.1) is 21.5 Å². The molecular weight excluding hydrogens is 358 g/mol. The van der Waals surface area contributed by atoms with Crippen molar-refractivity contribution < 1.29 is 13.2 Å². The first-order chi connectivity index (χ1) is 12.0. The zero-order valence-electron chi connectivity index (χ0n) is 13.5. The van der Waals surface area contributed by atoms with Crippen molar-refractivity contribution in [3.63, 3.8) is 0 Å². The smallest absolute Gasteiger partial charge is 0.251 e. The van der Waals surface area contributed by atoms with Crippen LogP contribution in [0.4, 0.5) is 0 Å². The summed E-state index contributed by atoms with van der Waals surface area (Å²) in [6.07, 6.45) is 0. The van der Waals surface area contributed by atoms with Crippen molar-refractivity contribution >= 4 is 37.5 Å². The number of rotatable bonds is 6. The molecule has 8 heteroatoms. The van der Waals surface area contributed by atoms with Gasteiger partial charge in [-0.2, -0.15) is 0 Å². The highest BCUT2D eigenvalue weighted by Crippen LogP contribution is 2.19. The number of benzene rings is 2. The Bertz CT molecular complexity index is 1010. The number of carbonyl (C=O) groups is 1. The standard InChI is InChI=1S/C17H17N3O3S2/c1-18-25(22,23)10-14-5-3-2-4-13(14)9-19-17(21)12-6-7-15-16(8-12)24-11-20-15/h2-8,11,18H,9-10H2,1H3,(H,19,21). The van der Waals surface area contributed by atoms with Gasteiger partial charge >= 0.3 is 0 Å². The van der Waals surface area contributed by atoms with E-state index in [0.29, 0.717) is 11.1 Å². The molecule has 6 nitrogen and oxygen atoms in total. The van der Waals surface area contributed by atoms with Gasteiger partial charge in [0.25, 0.3) is 5.91 Å². The summed E-state index contributed by atoms with van der Waals surface area (Å²) in [6, 6.07) is 12.5. The van der Waals surface area contributed by atoms with E-state index in [2.05, 4.69) is 15.0 Å². The van der Waals surface area contributed by atoms with Gasteiger partial charge in [-0.1, -0.05) is 24.3 Å². The second kappa shape index (κ2) is 7.30. The number of nitrogens with one attached hydrogen (secondary N) is 2. The van der Waals surface area contributed by atoms with Crippen molar-refractivity contribution in [3.05, 3.63) is 64.7 Å². The minimum Gasteiger partial charge on any atom is -0.348 e.